The fourth-order valence-electron chi connectivity index (χ4n) is 2.40. The molecule has 2 unspecified atom stereocenters. The van der Waals surface area contributed by atoms with Crippen LogP contribution in [0.1, 0.15) is 30.4 Å². The molecule has 1 aromatic rings. The van der Waals surface area contributed by atoms with Crippen molar-refractivity contribution in [3.8, 4) is 0 Å². The number of fused-ring (bicyclic) bond motifs is 1. The van der Waals surface area contributed by atoms with Crippen molar-refractivity contribution in [3.63, 3.8) is 0 Å². The van der Waals surface area contributed by atoms with Crippen molar-refractivity contribution < 1.29 is 0 Å². The van der Waals surface area contributed by atoms with Gasteiger partial charge in [-0.3, -0.25) is 0 Å². The van der Waals surface area contributed by atoms with Crippen LogP contribution in [0.3, 0.4) is 0 Å². The summed E-state index contributed by atoms with van der Waals surface area (Å²) in [7, 11) is 0. The van der Waals surface area contributed by atoms with Gasteiger partial charge >= 0.3 is 0 Å². The molecule has 76 valence electrons. The summed E-state index contributed by atoms with van der Waals surface area (Å²) >= 11 is 6.22. The van der Waals surface area contributed by atoms with Crippen LogP contribution < -0.4 is 5.73 Å². The molecular formula is C12H16ClN. The second-order valence-corrected chi connectivity index (χ2v) is 4.58. The predicted octanol–water partition coefficient (Wildman–Crippen LogP) is 2.96. The molecule has 2 N–H and O–H groups in total. The van der Waals surface area contributed by atoms with Gasteiger partial charge in [0.15, 0.2) is 0 Å². The minimum absolute atomic E-state index is 0.538. The first kappa shape index (κ1) is 10.0. The minimum Gasteiger partial charge on any atom is -0.330 e. The average molecular weight is 210 g/mol. The Kier molecular flexibility index (Phi) is 2.80. The molecule has 0 radical (unpaired) electrons. The van der Waals surface area contributed by atoms with Gasteiger partial charge < -0.3 is 5.73 Å². The third-order valence-corrected chi connectivity index (χ3v) is 3.63. The van der Waals surface area contributed by atoms with E-state index >= 15 is 0 Å². The number of hydrogen-bond donors (Lipinski definition) is 1. The molecule has 1 aliphatic rings. The van der Waals surface area contributed by atoms with Crippen LogP contribution in [-0.4, -0.2) is 6.54 Å². The zero-order chi connectivity index (χ0) is 10.1. The van der Waals surface area contributed by atoms with Gasteiger partial charge in [0.1, 0.15) is 0 Å². The lowest BCUT2D eigenvalue weighted by Gasteiger charge is -2.19. The fourth-order valence-corrected chi connectivity index (χ4v) is 2.74. The van der Waals surface area contributed by atoms with E-state index in [4.69, 9.17) is 17.3 Å². The van der Waals surface area contributed by atoms with E-state index in [0.717, 1.165) is 18.0 Å². The highest BCUT2D eigenvalue weighted by Gasteiger charge is 2.28. The molecule has 0 heterocycles. The Morgan fingerprint density at radius 2 is 2.36 bits per heavy atom. The molecule has 14 heavy (non-hydrogen) atoms. The number of nitrogens with two attached hydrogens (primary N) is 1. The minimum atomic E-state index is 0.538. The molecule has 2 rings (SSSR count). The molecule has 0 amide bonds. The lowest BCUT2D eigenvalue weighted by Crippen LogP contribution is -2.17. The maximum absolute atomic E-state index is 6.22. The topological polar surface area (TPSA) is 26.0 Å². The summed E-state index contributed by atoms with van der Waals surface area (Å²) in [5.41, 5.74) is 8.49. The van der Waals surface area contributed by atoms with E-state index in [1.807, 2.05) is 12.1 Å². The molecule has 0 aliphatic heterocycles. The lowest BCUT2D eigenvalue weighted by molar-refractivity contribution is 0.466. The fraction of sp³-hybridized carbons (Fsp3) is 0.500. The van der Waals surface area contributed by atoms with Crippen molar-refractivity contribution >= 4 is 11.6 Å². The number of rotatable bonds is 2. The lowest BCUT2D eigenvalue weighted by atomic mass is 9.89. The summed E-state index contributed by atoms with van der Waals surface area (Å²) in [6, 6.07) is 6.21. The number of aryl methyl sites for hydroxylation is 1. The van der Waals surface area contributed by atoms with Gasteiger partial charge in [0.05, 0.1) is 0 Å². The van der Waals surface area contributed by atoms with Crippen molar-refractivity contribution in [1.82, 2.24) is 0 Å². The van der Waals surface area contributed by atoms with Crippen LogP contribution >= 0.6 is 11.6 Å². The molecule has 0 fully saturated rings. The van der Waals surface area contributed by atoms with E-state index in [-0.39, 0.29) is 0 Å². The molecule has 0 saturated heterocycles. The van der Waals surface area contributed by atoms with E-state index < -0.39 is 0 Å². The Labute approximate surface area is 90.3 Å². The Bertz CT molecular complexity index is 335. The molecule has 1 aromatic carbocycles. The summed E-state index contributed by atoms with van der Waals surface area (Å²) in [6.45, 7) is 2.96. The molecule has 1 nitrogen and oxygen atoms in total. The van der Waals surface area contributed by atoms with Gasteiger partial charge in [-0.25, -0.2) is 0 Å². The molecule has 2 atom stereocenters. The van der Waals surface area contributed by atoms with Gasteiger partial charge in [0, 0.05) is 5.02 Å². The number of halogens is 1. The molecule has 0 aromatic heterocycles. The quantitative estimate of drug-likeness (QED) is 0.797. The van der Waals surface area contributed by atoms with Crippen molar-refractivity contribution in [3.05, 3.63) is 34.3 Å². The van der Waals surface area contributed by atoms with Gasteiger partial charge in [-0.15, -0.1) is 0 Å². The highest BCUT2D eigenvalue weighted by molar-refractivity contribution is 6.31. The maximum atomic E-state index is 6.22. The van der Waals surface area contributed by atoms with Gasteiger partial charge in [-0.1, -0.05) is 30.7 Å². The third kappa shape index (κ3) is 1.55. The van der Waals surface area contributed by atoms with Crippen LogP contribution in [0, 0.1) is 5.92 Å². The summed E-state index contributed by atoms with van der Waals surface area (Å²) in [4.78, 5) is 0. The smallest absolute Gasteiger partial charge is 0.0443 e. The predicted molar refractivity (Wildman–Crippen MR) is 60.7 cm³/mol. The second kappa shape index (κ2) is 3.92. The first-order valence-electron chi connectivity index (χ1n) is 5.21. The number of benzene rings is 1. The van der Waals surface area contributed by atoms with E-state index in [2.05, 4.69) is 13.0 Å². The largest absolute Gasteiger partial charge is 0.330 e. The standard InChI is InChI=1S/C12H16ClN/c1-8(7-14)10-6-5-9-3-2-4-11(13)12(9)10/h2-4,8,10H,5-7,14H2,1H3. The molecule has 0 saturated carbocycles. The Hall–Kier alpha value is -0.530. The Balaban J connectivity index is 2.38. The third-order valence-electron chi connectivity index (χ3n) is 3.30. The van der Waals surface area contributed by atoms with Crippen LogP contribution in [-0.2, 0) is 6.42 Å². The zero-order valence-corrected chi connectivity index (χ0v) is 9.22. The molecule has 1 aliphatic carbocycles. The van der Waals surface area contributed by atoms with Crippen LogP contribution in [0.25, 0.3) is 0 Å². The highest BCUT2D eigenvalue weighted by Crippen LogP contribution is 2.41. The van der Waals surface area contributed by atoms with Crippen molar-refractivity contribution in [2.45, 2.75) is 25.7 Å². The van der Waals surface area contributed by atoms with Gasteiger partial charge in [0.25, 0.3) is 0 Å². The molecule has 2 heteroatoms. The van der Waals surface area contributed by atoms with Crippen LogP contribution in [0.2, 0.25) is 5.02 Å². The van der Waals surface area contributed by atoms with Crippen molar-refractivity contribution in [2.75, 3.05) is 6.54 Å². The number of hydrogen-bond acceptors (Lipinski definition) is 1. The molecular weight excluding hydrogens is 194 g/mol. The van der Waals surface area contributed by atoms with E-state index in [9.17, 15) is 0 Å². The van der Waals surface area contributed by atoms with E-state index in [0.29, 0.717) is 11.8 Å². The van der Waals surface area contributed by atoms with Gasteiger partial charge in [0.2, 0.25) is 0 Å². The normalized spacial score (nSPS) is 22.1. The average Bonchev–Trinajstić information content (AvgIpc) is 2.62. The summed E-state index contributed by atoms with van der Waals surface area (Å²) in [5.74, 6) is 1.11. The first-order chi connectivity index (χ1) is 6.74. The SMILES string of the molecule is CC(CN)C1CCc2cccc(Cl)c21. The summed E-state index contributed by atoms with van der Waals surface area (Å²) < 4.78 is 0. The van der Waals surface area contributed by atoms with Gasteiger partial charge in [-0.2, -0.15) is 0 Å². The second-order valence-electron chi connectivity index (χ2n) is 4.17. The van der Waals surface area contributed by atoms with E-state index in [1.165, 1.54) is 17.5 Å². The van der Waals surface area contributed by atoms with E-state index in [1.54, 1.807) is 0 Å². The maximum Gasteiger partial charge on any atom is 0.0443 e. The summed E-state index contributed by atoms with van der Waals surface area (Å²) in [5, 5.41) is 0.922. The monoisotopic (exact) mass is 209 g/mol. The summed E-state index contributed by atoms with van der Waals surface area (Å²) in [6.07, 6.45) is 2.36. The Morgan fingerprint density at radius 1 is 1.57 bits per heavy atom. The molecule has 0 bridgehead atoms. The van der Waals surface area contributed by atoms with Crippen LogP contribution in [0.4, 0.5) is 0 Å². The van der Waals surface area contributed by atoms with Crippen LogP contribution in [0.5, 0.6) is 0 Å². The van der Waals surface area contributed by atoms with Crippen molar-refractivity contribution in [1.29, 1.82) is 0 Å². The van der Waals surface area contributed by atoms with Crippen LogP contribution in [0.15, 0.2) is 18.2 Å². The van der Waals surface area contributed by atoms with Crippen molar-refractivity contribution in [2.24, 2.45) is 11.7 Å². The van der Waals surface area contributed by atoms with Gasteiger partial charge in [-0.05, 0) is 48.4 Å². The highest BCUT2D eigenvalue weighted by atomic mass is 35.5. The first-order valence-corrected chi connectivity index (χ1v) is 5.59. The Morgan fingerprint density at radius 3 is 3.07 bits per heavy atom. The molecule has 0 spiro atoms. The zero-order valence-electron chi connectivity index (χ0n) is 8.46.